The first-order valence-electron chi connectivity index (χ1n) is 12.6. The van der Waals surface area contributed by atoms with E-state index >= 15 is 0 Å². The van der Waals surface area contributed by atoms with Gasteiger partial charge in [-0.25, -0.2) is 9.13 Å². The zero-order chi connectivity index (χ0) is 30.5. The monoisotopic (exact) mass is 632 g/mol. The second-order valence-electron chi connectivity index (χ2n) is 8.89. The van der Waals surface area contributed by atoms with Gasteiger partial charge >= 0.3 is 10.3 Å². The second-order valence-corrected chi connectivity index (χ2v) is 11.5. The highest BCUT2D eigenvalue weighted by Crippen LogP contribution is 2.23. The van der Waals surface area contributed by atoms with Gasteiger partial charge in [0.2, 0.25) is 0 Å². The minimum absolute atomic E-state index is 0.653. The van der Waals surface area contributed by atoms with Crippen molar-refractivity contribution in [2.24, 2.45) is 34.6 Å². The lowest BCUT2D eigenvalue weighted by Crippen LogP contribution is -2.26. The summed E-state index contributed by atoms with van der Waals surface area (Å²) in [6.45, 7) is 2.91. The summed E-state index contributed by atoms with van der Waals surface area (Å²) in [6, 6.07) is 16.1. The van der Waals surface area contributed by atoms with Gasteiger partial charge in [0.05, 0.1) is 37.5 Å². The van der Waals surface area contributed by atoms with Crippen LogP contribution in [0.5, 0.6) is 0 Å². The van der Waals surface area contributed by atoms with E-state index in [-0.39, 0.29) is 0 Å². The number of nitrogens with zero attached hydrogens (tertiary/aromatic N) is 8. The van der Waals surface area contributed by atoms with Gasteiger partial charge in [0.25, 0.3) is 0 Å². The fourth-order valence-electron chi connectivity index (χ4n) is 3.36. The number of likely N-dealkylation sites (N-methyl/N-ethyl adjacent to an activating group) is 2. The first kappa shape index (κ1) is 32.8. The zero-order valence-corrected chi connectivity index (χ0v) is 26.0. The minimum atomic E-state index is -5.17. The van der Waals surface area contributed by atoms with Crippen molar-refractivity contribution < 1.29 is 31.4 Å². The predicted molar refractivity (Wildman–Crippen MR) is 160 cm³/mol. The number of hydrogen-bond donors (Lipinski definition) is 0. The van der Waals surface area contributed by atoms with E-state index in [4.69, 9.17) is 22.3 Å². The standard InChI is InChI=1S/C26H32N8OS2.H2O4S/c1-31(23-9-5-21(6-10-23)27-29-25-33(3)15-19-36-25)13-17-35-18-14-32(2)24-11-7-22(8-12-24)28-30-26-34(4)16-20-37-26;1-5(2,3)4/h5-12,15-16,19-20H,13-14,17-18H2,1-4H3;(H2,1,2,3,4)/q+2;/p-2. The fraction of sp³-hybridized carbons (Fsp3) is 0.308. The molecule has 0 radical (unpaired) electrons. The number of rotatable bonds is 12. The first-order chi connectivity index (χ1) is 20.0. The van der Waals surface area contributed by atoms with Crippen molar-refractivity contribution in [2.45, 2.75) is 0 Å². The van der Waals surface area contributed by atoms with E-state index in [1.165, 1.54) is 0 Å². The van der Waals surface area contributed by atoms with Crippen LogP contribution in [0.3, 0.4) is 0 Å². The van der Waals surface area contributed by atoms with Crippen molar-refractivity contribution in [1.29, 1.82) is 0 Å². The van der Waals surface area contributed by atoms with Crippen molar-refractivity contribution in [3.05, 3.63) is 71.7 Å². The van der Waals surface area contributed by atoms with E-state index in [1.54, 1.807) is 22.7 Å². The van der Waals surface area contributed by atoms with Crippen molar-refractivity contribution >= 4 is 66.1 Å². The van der Waals surface area contributed by atoms with Gasteiger partial charge in [-0.2, -0.15) is 0 Å². The zero-order valence-electron chi connectivity index (χ0n) is 23.6. The number of aromatic nitrogens is 2. The third-order valence-electron chi connectivity index (χ3n) is 5.74. The fourth-order valence-corrected chi connectivity index (χ4v) is 4.72. The SMILES string of the molecule is CN(CCOCCN(C)c1ccc(N=Nc2scc[n+]2C)cc1)c1ccc(N=Nc2scc[n+]2C)cc1.O=S(=O)([O-])[O-]. The molecule has 0 spiro atoms. The molecular formula is C26H32N8O5S3. The highest BCUT2D eigenvalue weighted by molar-refractivity contribution is 7.79. The van der Waals surface area contributed by atoms with E-state index in [0.29, 0.717) is 13.2 Å². The third-order valence-corrected chi connectivity index (χ3v) is 7.42. The summed E-state index contributed by atoms with van der Waals surface area (Å²) in [7, 11) is 2.88. The maximum absolute atomic E-state index is 8.52. The van der Waals surface area contributed by atoms with Crippen molar-refractivity contribution in [2.75, 3.05) is 50.2 Å². The molecule has 0 aliphatic heterocycles. The van der Waals surface area contributed by atoms with Gasteiger partial charge in [-0.3, -0.25) is 8.42 Å². The molecule has 0 amide bonds. The average molecular weight is 633 g/mol. The number of hydrogen-bond acceptors (Lipinski definition) is 13. The highest BCUT2D eigenvalue weighted by Gasteiger charge is 2.09. The Morgan fingerprint density at radius 2 is 1.07 bits per heavy atom. The number of benzene rings is 2. The molecule has 0 aliphatic rings. The Morgan fingerprint density at radius 1 is 0.714 bits per heavy atom. The lowest BCUT2D eigenvalue weighted by Gasteiger charge is -2.21. The Hall–Kier alpha value is -3.67. The summed E-state index contributed by atoms with van der Waals surface area (Å²) in [6.07, 6.45) is 3.94. The van der Waals surface area contributed by atoms with Crippen LogP contribution in [0.2, 0.25) is 0 Å². The van der Waals surface area contributed by atoms with Crippen LogP contribution >= 0.6 is 22.7 Å². The summed E-state index contributed by atoms with van der Waals surface area (Å²) in [5.74, 6) is 0. The second kappa shape index (κ2) is 16.1. The van der Waals surface area contributed by atoms with Gasteiger partial charge in [0.15, 0.2) is 0 Å². The summed E-state index contributed by atoms with van der Waals surface area (Å²) < 4.78 is 43.9. The smallest absolute Gasteiger partial charge is 0.408 e. The summed E-state index contributed by atoms with van der Waals surface area (Å²) in [4.78, 5) is 4.35. The Balaban J connectivity index is 0.000000892. The van der Waals surface area contributed by atoms with Crippen LogP contribution in [0.1, 0.15) is 0 Å². The maximum Gasteiger partial charge on any atom is 0.408 e. The van der Waals surface area contributed by atoms with E-state index < -0.39 is 10.4 Å². The quantitative estimate of drug-likeness (QED) is 0.0731. The Morgan fingerprint density at radius 3 is 1.38 bits per heavy atom. The van der Waals surface area contributed by atoms with Crippen molar-refractivity contribution in [3.63, 3.8) is 0 Å². The summed E-state index contributed by atoms with van der Waals surface area (Å²) in [5.41, 5.74) is 3.90. The number of ether oxygens (including phenoxy) is 1. The summed E-state index contributed by atoms with van der Waals surface area (Å²) >= 11 is 3.12. The molecule has 0 bridgehead atoms. The molecule has 0 fully saturated rings. The number of anilines is 2. The molecule has 0 saturated carbocycles. The van der Waals surface area contributed by atoms with Crippen molar-refractivity contribution in [3.8, 4) is 0 Å². The molecule has 4 aromatic rings. The van der Waals surface area contributed by atoms with E-state index in [0.717, 1.165) is 46.1 Å². The number of thiazole rings is 2. The van der Waals surface area contributed by atoms with E-state index in [9.17, 15) is 0 Å². The largest absolute Gasteiger partial charge is 0.759 e. The van der Waals surface area contributed by atoms with Crippen LogP contribution in [0.4, 0.5) is 33.0 Å². The highest BCUT2D eigenvalue weighted by atomic mass is 32.3. The van der Waals surface area contributed by atoms with Crippen LogP contribution < -0.4 is 18.9 Å². The maximum atomic E-state index is 8.52. The minimum Gasteiger partial charge on any atom is -0.759 e. The predicted octanol–water partition coefficient (Wildman–Crippen LogP) is 4.54. The van der Waals surface area contributed by atoms with E-state index in [1.807, 2.05) is 70.6 Å². The van der Waals surface area contributed by atoms with Crippen LogP contribution in [-0.4, -0.2) is 57.9 Å². The topological polar surface area (TPSA) is 153 Å². The van der Waals surface area contributed by atoms with Crippen LogP contribution in [0.25, 0.3) is 0 Å². The van der Waals surface area contributed by atoms with Gasteiger partial charge in [0, 0.05) is 59.7 Å². The molecule has 0 atom stereocenters. The third kappa shape index (κ3) is 11.7. The van der Waals surface area contributed by atoms with Gasteiger partial charge in [-0.15, -0.1) is 0 Å². The molecule has 2 heterocycles. The molecule has 13 nitrogen and oxygen atoms in total. The average Bonchev–Trinajstić information content (AvgIpc) is 3.56. The van der Waals surface area contributed by atoms with Gasteiger partial charge in [-0.05, 0) is 81.4 Å². The molecule has 42 heavy (non-hydrogen) atoms. The van der Waals surface area contributed by atoms with Crippen LogP contribution in [0, 0.1) is 0 Å². The van der Waals surface area contributed by atoms with Gasteiger partial charge in [0.1, 0.15) is 23.8 Å². The molecule has 0 unspecified atom stereocenters. The lowest BCUT2D eigenvalue weighted by atomic mass is 10.2. The first-order valence-corrected chi connectivity index (χ1v) is 15.7. The molecule has 0 aliphatic carbocycles. The van der Waals surface area contributed by atoms with E-state index in [2.05, 4.69) is 68.6 Å². The lowest BCUT2D eigenvalue weighted by molar-refractivity contribution is -0.654. The normalized spacial score (nSPS) is 11.6. The number of aryl methyl sites for hydroxylation is 2. The molecule has 16 heteroatoms. The van der Waals surface area contributed by atoms with Crippen LogP contribution in [0.15, 0.2) is 92.1 Å². The molecule has 224 valence electrons. The van der Waals surface area contributed by atoms with Crippen LogP contribution in [-0.2, 0) is 29.2 Å². The van der Waals surface area contributed by atoms with Gasteiger partial charge in [-0.1, -0.05) is 0 Å². The Bertz CT molecular complexity index is 1450. The van der Waals surface area contributed by atoms with Crippen molar-refractivity contribution in [1.82, 2.24) is 0 Å². The molecule has 0 N–H and O–H groups in total. The van der Waals surface area contributed by atoms with Gasteiger partial charge < -0.3 is 23.6 Å². The molecule has 0 saturated heterocycles. The summed E-state index contributed by atoms with van der Waals surface area (Å²) in [5, 5.41) is 23.0. The Labute approximate surface area is 253 Å². The number of azo groups is 2. The molecule has 2 aromatic carbocycles. The molecule has 2 aromatic heterocycles. The molecular weight excluding hydrogens is 601 g/mol. The molecule has 4 rings (SSSR count). The Kier molecular flexibility index (Phi) is 12.6.